The fourth-order valence-electron chi connectivity index (χ4n) is 4.25. The zero-order valence-electron chi connectivity index (χ0n) is 18.0. The normalized spacial score (nSPS) is 17.7. The largest absolute Gasteiger partial charge is 0.493 e. The van der Waals surface area contributed by atoms with Crippen LogP contribution in [0.3, 0.4) is 0 Å². The Hall–Kier alpha value is -1.90. The first kappa shape index (κ1) is 25.2. The van der Waals surface area contributed by atoms with Gasteiger partial charge in [0, 0.05) is 18.2 Å². The van der Waals surface area contributed by atoms with Crippen molar-refractivity contribution in [3.05, 3.63) is 63.2 Å². The number of ether oxygens (including phenoxy) is 1. The zero-order valence-corrected chi connectivity index (χ0v) is 19.5. The molecule has 0 atom stereocenters. The molecule has 184 valence electrons. The molecule has 0 amide bonds. The van der Waals surface area contributed by atoms with Gasteiger partial charge in [-0.2, -0.15) is 13.2 Å². The van der Waals surface area contributed by atoms with E-state index in [9.17, 15) is 26.7 Å². The Bertz CT molecular complexity index is 1080. The summed E-state index contributed by atoms with van der Waals surface area (Å²) in [6.07, 6.45) is -1.36. The average Bonchev–Trinajstić information content (AvgIpc) is 3.60. The van der Waals surface area contributed by atoms with E-state index in [0.717, 1.165) is 24.5 Å². The fourth-order valence-corrected chi connectivity index (χ4v) is 4.63. The molecule has 1 saturated carbocycles. The van der Waals surface area contributed by atoms with E-state index in [1.54, 1.807) is 0 Å². The second kappa shape index (κ2) is 9.99. The van der Waals surface area contributed by atoms with Gasteiger partial charge >= 0.3 is 6.18 Å². The summed E-state index contributed by atoms with van der Waals surface area (Å²) in [6.45, 7) is 1.45. The number of likely N-dealkylation sites (tertiary alicyclic amines) is 1. The minimum absolute atomic E-state index is 0.0218. The Kier molecular flexibility index (Phi) is 7.41. The molecule has 0 spiro atoms. The van der Waals surface area contributed by atoms with Gasteiger partial charge in [-0.3, -0.25) is 9.69 Å². The monoisotopic (exact) mass is 521 g/mol. The number of hydrogen-bond donors (Lipinski definition) is 0. The third-order valence-electron chi connectivity index (χ3n) is 6.33. The van der Waals surface area contributed by atoms with Crippen LogP contribution in [-0.4, -0.2) is 29.8 Å². The third kappa shape index (κ3) is 5.83. The number of halogens is 7. The van der Waals surface area contributed by atoms with E-state index in [4.69, 9.17) is 27.9 Å². The molecule has 0 aromatic heterocycles. The first-order chi connectivity index (χ1) is 16.0. The number of benzene rings is 2. The van der Waals surface area contributed by atoms with Gasteiger partial charge in [-0.15, -0.1) is 0 Å². The lowest BCUT2D eigenvalue weighted by atomic mass is 9.97. The second-order valence-electron chi connectivity index (χ2n) is 8.88. The summed E-state index contributed by atoms with van der Waals surface area (Å²) < 4.78 is 73.6. The predicted octanol–water partition coefficient (Wildman–Crippen LogP) is 7.18. The number of rotatable bonds is 7. The van der Waals surface area contributed by atoms with Gasteiger partial charge in [0.05, 0.1) is 22.8 Å². The SMILES string of the molecule is O=C(Cl)c1cc(C2CC2)c(OCC2CCN(Cc3cc(C(F)(F)F)cc(Cl)c3F)CC2)cc1F. The first-order valence-electron chi connectivity index (χ1n) is 11.0. The predicted molar refractivity (Wildman–Crippen MR) is 118 cm³/mol. The first-order valence-corrected chi connectivity index (χ1v) is 11.7. The van der Waals surface area contributed by atoms with Crippen molar-refractivity contribution in [2.45, 2.75) is 44.3 Å². The highest BCUT2D eigenvalue weighted by Gasteiger charge is 2.33. The van der Waals surface area contributed by atoms with Crippen molar-refractivity contribution in [2.24, 2.45) is 5.92 Å². The molecule has 1 aliphatic heterocycles. The molecule has 4 rings (SSSR count). The van der Waals surface area contributed by atoms with Gasteiger partial charge in [0.2, 0.25) is 0 Å². The standard InChI is InChI=1S/C24H22Cl2F5NO2/c25-19-8-16(24(29,30)31)7-15(22(19)28)11-32-5-3-13(4-6-32)12-34-21-10-20(27)18(23(26)33)9-17(21)14-1-2-14/h7-10,13-14H,1-6,11-12H2. The highest BCUT2D eigenvalue weighted by Crippen LogP contribution is 2.45. The van der Waals surface area contributed by atoms with Gasteiger partial charge in [0.25, 0.3) is 5.24 Å². The van der Waals surface area contributed by atoms with Gasteiger partial charge in [0.15, 0.2) is 0 Å². The molecular formula is C24H22Cl2F5NO2. The summed E-state index contributed by atoms with van der Waals surface area (Å²) in [6, 6.07) is 4.07. The highest BCUT2D eigenvalue weighted by atomic mass is 35.5. The number of nitrogens with zero attached hydrogens (tertiary/aromatic N) is 1. The third-order valence-corrected chi connectivity index (χ3v) is 6.81. The summed E-state index contributed by atoms with van der Waals surface area (Å²) in [5.41, 5.74) is -0.448. The van der Waals surface area contributed by atoms with Crippen LogP contribution in [0.2, 0.25) is 5.02 Å². The molecule has 10 heteroatoms. The van der Waals surface area contributed by atoms with Crippen molar-refractivity contribution in [3.63, 3.8) is 0 Å². The lowest BCUT2D eigenvalue weighted by Gasteiger charge is -2.32. The van der Waals surface area contributed by atoms with Crippen LogP contribution in [0.25, 0.3) is 0 Å². The Morgan fingerprint density at radius 2 is 1.74 bits per heavy atom. The van der Waals surface area contributed by atoms with Gasteiger partial charge in [-0.1, -0.05) is 11.6 Å². The van der Waals surface area contributed by atoms with Gasteiger partial charge in [-0.25, -0.2) is 8.78 Å². The van der Waals surface area contributed by atoms with Crippen molar-refractivity contribution in [3.8, 4) is 5.75 Å². The maximum atomic E-state index is 14.3. The molecule has 0 N–H and O–H groups in total. The molecule has 2 aromatic rings. The van der Waals surface area contributed by atoms with Crippen LogP contribution in [0.5, 0.6) is 5.75 Å². The molecule has 0 radical (unpaired) electrons. The number of piperidine rings is 1. The van der Waals surface area contributed by atoms with Crippen molar-refractivity contribution >= 4 is 28.4 Å². The fraction of sp³-hybridized carbons (Fsp3) is 0.458. The van der Waals surface area contributed by atoms with Crippen LogP contribution >= 0.6 is 23.2 Å². The zero-order chi connectivity index (χ0) is 24.6. The van der Waals surface area contributed by atoms with Gasteiger partial charge in [-0.05, 0) is 86.0 Å². The molecule has 2 fully saturated rings. The molecule has 1 heterocycles. The van der Waals surface area contributed by atoms with Crippen molar-refractivity contribution in [1.29, 1.82) is 0 Å². The molecule has 3 nitrogen and oxygen atoms in total. The number of alkyl halides is 3. The quantitative estimate of drug-likeness (QED) is 0.285. The van der Waals surface area contributed by atoms with E-state index in [-0.39, 0.29) is 29.5 Å². The van der Waals surface area contributed by atoms with Gasteiger partial charge in [0.1, 0.15) is 17.4 Å². The van der Waals surface area contributed by atoms with Crippen molar-refractivity contribution in [2.75, 3.05) is 19.7 Å². The molecule has 34 heavy (non-hydrogen) atoms. The lowest BCUT2D eigenvalue weighted by Crippen LogP contribution is -2.35. The van der Waals surface area contributed by atoms with Crippen LogP contribution in [0.1, 0.15) is 58.6 Å². The number of hydrogen-bond acceptors (Lipinski definition) is 3. The minimum atomic E-state index is -4.61. The molecule has 0 unspecified atom stereocenters. The van der Waals surface area contributed by atoms with Crippen LogP contribution in [-0.2, 0) is 12.7 Å². The van der Waals surface area contributed by atoms with Crippen molar-refractivity contribution < 1.29 is 31.5 Å². The molecular weight excluding hydrogens is 500 g/mol. The smallest absolute Gasteiger partial charge is 0.416 e. The van der Waals surface area contributed by atoms with E-state index in [0.29, 0.717) is 44.4 Å². The van der Waals surface area contributed by atoms with E-state index in [1.165, 1.54) is 12.1 Å². The average molecular weight is 522 g/mol. The Morgan fingerprint density at radius 1 is 1.06 bits per heavy atom. The summed E-state index contributed by atoms with van der Waals surface area (Å²) >= 11 is 11.1. The van der Waals surface area contributed by atoms with Gasteiger partial charge < -0.3 is 4.74 Å². The maximum Gasteiger partial charge on any atom is 0.416 e. The minimum Gasteiger partial charge on any atom is -0.493 e. The molecule has 1 aliphatic carbocycles. The van der Waals surface area contributed by atoms with E-state index in [2.05, 4.69) is 0 Å². The summed E-state index contributed by atoms with van der Waals surface area (Å²) in [5, 5.41) is -1.40. The Morgan fingerprint density at radius 3 is 2.32 bits per heavy atom. The summed E-state index contributed by atoms with van der Waals surface area (Å²) in [4.78, 5) is 13.3. The Labute approximate surface area is 203 Å². The molecule has 0 bridgehead atoms. The van der Waals surface area contributed by atoms with Crippen LogP contribution in [0, 0.1) is 17.6 Å². The van der Waals surface area contributed by atoms with E-state index >= 15 is 0 Å². The lowest BCUT2D eigenvalue weighted by molar-refractivity contribution is -0.137. The van der Waals surface area contributed by atoms with Crippen LogP contribution in [0.4, 0.5) is 22.0 Å². The topological polar surface area (TPSA) is 29.5 Å². The van der Waals surface area contributed by atoms with E-state index < -0.39 is 33.6 Å². The summed E-state index contributed by atoms with van der Waals surface area (Å²) in [7, 11) is 0. The van der Waals surface area contributed by atoms with E-state index in [1.807, 2.05) is 4.90 Å². The van der Waals surface area contributed by atoms with Crippen LogP contribution in [0.15, 0.2) is 24.3 Å². The highest BCUT2D eigenvalue weighted by molar-refractivity contribution is 6.67. The molecule has 1 saturated heterocycles. The van der Waals surface area contributed by atoms with Crippen molar-refractivity contribution in [1.82, 2.24) is 4.90 Å². The molecule has 2 aromatic carbocycles. The Balaban J connectivity index is 1.36. The maximum absolute atomic E-state index is 14.3. The molecule has 2 aliphatic rings. The number of carbonyl (C=O) groups is 1. The van der Waals surface area contributed by atoms with Crippen LogP contribution < -0.4 is 4.74 Å². The number of carbonyl (C=O) groups excluding carboxylic acids is 1. The summed E-state index contributed by atoms with van der Waals surface area (Å²) in [5.74, 6) is -0.786. The second-order valence-corrected chi connectivity index (χ2v) is 9.63.